The summed E-state index contributed by atoms with van der Waals surface area (Å²) in [5, 5.41) is 3.19. The number of thiazole rings is 1. The second kappa shape index (κ2) is 4.91. The third kappa shape index (κ3) is 2.74. The average molecular weight is 305 g/mol. The summed E-state index contributed by atoms with van der Waals surface area (Å²) in [6, 6.07) is -0.130. The van der Waals surface area contributed by atoms with Crippen molar-refractivity contribution in [2.24, 2.45) is 0 Å². The van der Waals surface area contributed by atoms with E-state index in [-0.39, 0.29) is 23.1 Å². The smallest absolute Gasteiger partial charge is 0.352 e. The van der Waals surface area contributed by atoms with Crippen LogP contribution < -0.4 is 10.2 Å². The summed E-state index contributed by atoms with van der Waals surface area (Å²) in [5.41, 5.74) is 0. The van der Waals surface area contributed by atoms with Gasteiger partial charge in [0.2, 0.25) is 5.91 Å². The summed E-state index contributed by atoms with van der Waals surface area (Å²) in [6.45, 7) is 0.577. The van der Waals surface area contributed by atoms with Gasteiger partial charge in [-0.25, -0.2) is 4.98 Å². The molecule has 0 bridgehead atoms. The van der Waals surface area contributed by atoms with Crippen LogP contribution in [0.4, 0.5) is 18.3 Å². The Balaban J connectivity index is 1.74. The van der Waals surface area contributed by atoms with Gasteiger partial charge in [0.25, 0.3) is 0 Å². The van der Waals surface area contributed by atoms with Crippen LogP contribution in [0.3, 0.4) is 0 Å². The van der Waals surface area contributed by atoms with Gasteiger partial charge in [0.1, 0.15) is 10.9 Å². The van der Waals surface area contributed by atoms with Gasteiger partial charge in [0.15, 0.2) is 5.13 Å². The van der Waals surface area contributed by atoms with E-state index in [0.717, 1.165) is 25.5 Å². The van der Waals surface area contributed by atoms with E-state index in [9.17, 15) is 18.0 Å². The van der Waals surface area contributed by atoms with Gasteiger partial charge in [-0.15, -0.1) is 0 Å². The molecule has 0 spiro atoms. The number of rotatable bonds is 3. The van der Waals surface area contributed by atoms with Gasteiger partial charge in [-0.05, 0) is 25.7 Å². The number of carbonyl (C=O) groups is 1. The Bertz CT molecular complexity index is 512. The van der Waals surface area contributed by atoms with Gasteiger partial charge in [0, 0.05) is 12.6 Å². The first-order chi connectivity index (χ1) is 9.45. The quantitative estimate of drug-likeness (QED) is 0.933. The molecule has 1 aliphatic heterocycles. The predicted octanol–water partition coefficient (Wildman–Crippen LogP) is 2.41. The minimum absolute atomic E-state index is 0.0891. The number of nitrogens with zero attached hydrogens (tertiary/aromatic N) is 2. The highest BCUT2D eigenvalue weighted by Crippen LogP contribution is 2.38. The number of hydrogen-bond acceptors (Lipinski definition) is 4. The summed E-state index contributed by atoms with van der Waals surface area (Å²) >= 11 is 0.603. The van der Waals surface area contributed by atoms with Gasteiger partial charge < -0.3 is 10.2 Å². The molecule has 1 amide bonds. The maximum Gasteiger partial charge on any atom is 0.427 e. The summed E-state index contributed by atoms with van der Waals surface area (Å²) in [7, 11) is 0. The van der Waals surface area contributed by atoms with E-state index in [4.69, 9.17) is 0 Å². The molecule has 2 heterocycles. The largest absolute Gasteiger partial charge is 0.427 e. The normalized spacial score (nSPS) is 23.1. The van der Waals surface area contributed by atoms with E-state index in [2.05, 4.69) is 10.3 Å². The fraction of sp³-hybridized carbons (Fsp3) is 0.667. The topological polar surface area (TPSA) is 45.2 Å². The molecule has 3 rings (SSSR count). The highest BCUT2D eigenvalue weighted by Gasteiger charge is 2.38. The van der Waals surface area contributed by atoms with Crippen LogP contribution in [0, 0.1) is 0 Å². The van der Waals surface area contributed by atoms with Crippen molar-refractivity contribution in [1.82, 2.24) is 10.3 Å². The third-order valence-corrected chi connectivity index (χ3v) is 4.58. The number of nitrogens with one attached hydrogen (secondary N) is 1. The molecule has 20 heavy (non-hydrogen) atoms. The zero-order valence-electron chi connectivity index (χ0n) is 10.6. The number of alkyl halides is 3. The van der Waals surface area contributed by atoms with Crippen LogP contribution in [0.15, 0.2) is 6.20 Å². The van der Waals surface area contributed by atoms with Crippen LogP contribution in [-0.4, -0.2) is 29.5 Å². The van der Waals surface area contributed by atoms with Crippen LogP contribution in [-0.2, 0) is 11.0 Å². The molecule has 1 N–H and O–H groups in total. The van der Waals surface area contributed by atoms with Crippen molar-refractivity contribution >= 4 is 22.4 Å². The maximum atomic E-state index is 12.6. The van der Waals surface area contributed by atoms with E-state index < -0.39 is 11.1 Å². The van der Waals surface area contributed by atoms with Crippen molar-refractivity contribution < 1.29 is 18.0 Å². The van der Waals surface area contributed by atoms with Crippen molar-refractivity contribution in [3.8, 4) is 0 Å². The monoisotopic (exact) mass is 305 g/mol. The lowest BCUT2D eigenvalue weighted by molar-refractivity contribution is -0.134. The Hall–Kier alpha value is -1.31. The molecule has 1 unspecified atom stereocenters. The molecular weight excluding hydrogens is 291 g/mol. The summed E-state index contributed by atoms with van der Waals surface area (Å²) in [4.78, 5) is 16.9. The first-order valence-corrected chi connectivity index (χ1v) is 7.37. The van der Waals surface area contributed by atoms with Gasteiger partial charge >= 0.3 is 6.18 Å². The Labute approximate surface area is 118 Å². The molecule has 1 atom stereocenters. The average Bonchev–Trinajstić information content (AvgIpc) is 2.91. The van der Waals surface area contributed by atoms with Crippen molar-refractivity contribution in [3.63, 3.8) is 0 Å². The van der Waals surface area contributed by atoms with Crippen molar-refractivity contribution in [1.29, 1.82) is 0 Å². The van der Waals surface area contributed by atoms with E-state index in [0.29, 0.717) is 24.3 Å². The molecule has 110 valence electrons. The van der Waals surface area contributed by atoms with E-state index in [1.165, 1.54) is 0 Å². The van der Waals surface area contributed by atoms with Crippen LogP contribution in [0.1, 0.15) is 30.6 Å². The lowest BCUT2D eigenvalue weighted by atomic mass is 10.2. The van der Waals surface area contributed by atoms with Crippen molar-refractivity contribution in [2.75, 3.05) is 11.4 Å². The lowest BCUT2D eigenvalue weighted by Gasteiger charge is -2.23. The number of carbonyl (C=O) groups excluding carboxylic acids is 1. The van der Waals surface area contributed by atoms with Crippen molar-refractivity contribution in [2.45, 2.75) is 43.9 Å². The van der Waals surface area contributed by atoms with Crippen LogP contribution >= 0.6 is 11.3 Å². The number of amides is 1. The SMILES string of the molecule is O=C(NC1CC1)C1CCCN1c1ncc(C(F)(F)F)s1. The van der Waals surface area contributed by atoms with Gasteiger partial charge in [-0.2, -0.15) is 13.2 Å². The number of halogens is 3. The molecule has 0 radical (unpaired) electrons. The fourth-order valence-electron chi connectivity index (χ4n) is 2.32. The molecule has 4 nitrogen and oxygen atoms in total. The molecule has 2 fully saturated rings. The minimum Gasteiger partial charge on any atom is -0.352 e. The number of anilines is 1. The zero-order valence-corrected chi connectivity index (χ0v) is 11.4. The van der Waals surface area contributed by atoms with Crippen LogP contribution in [0.2, 0.25) is 0 Å². The molecule has 1 saturated carbocycles. The Morgan fingerprint density at radius 3 is 2.75 bits per heavy atom. The molecule has 2 aliphatic rings. The molecule has 1 aromatic heterocycles. The highest BCUT2D eigenvalue weighted by atomic mass is 32.1. The van der Waals surface area contributed by atoms with Crippen LogP contribution in [0.25, 0.3) is 0 Å². The summed E-state index contributed by atoms with van der Waals surface area (Å²) in [5.74, 6) is -0.0891. The second-order valence-electron chi connectivity index (χ2n) is 5.14. The first kappa shape index (κ1) is 13.7. The first-order valence-electron chi connectivity index (χ1n) is 6.55. The molecule has 1 aliphatic carbocycles. The van der Waals surface area contributed by atoms with Gasteiger partial charge in [-0.1, -0.05) is 11.3 Å². The second-order valence-corrected chi connectivity index (χ2v) is 6.15. The highest BCUT2D eigenvalue weighted by molar-refractivity contribution is 7.15. The third-order valence-electron chi connectivity index (χ3n) is 3.50. The van der Waals surface area contributed by atoms with Crippen molar-refractivity contribution in [3.05, 3.63) is 11.1 Å². The van der Waals surface area contributed by atoms with Gasteiger partial charge in [0.05, 0.1) is 6.20 Å². The molecule has 8 heteroatoms. The molecular formula is C12H14F3N3OS. The summed E-state index contributed by atoms with van der Waals surface area (Å²) in [6.07, 6.45) is -0.0827. The zero-order chi connectivity index (χ0) is 14.3. The standard InChI is InChI=1S/C12H14F3N3OS/c13-12(14,15)9-6-16-11(20-9)18-5-1-2-8(18)10(19)17-7-3-4-7/h6-8H,1-5H2,(H,17,19). The minimum atomic E-state index is -4.37. The fourth-order valence-corrected chi connectivity index (χ4v) is 3.18. The Morgan fingerprint density at radius 1 is 1.40 bits per heavy atom. The number of hydrogen-bond donors (Lipinski definition) is 1. The Morgan fingerprint density at radius 2 is 2.15 bits per heavy atom. The Kier molecular flexibility index (Phi) is 3.35. The maximum absolute atomic E-state index is 12.6. The van der Waals surface area contributed by atoms with Crippen LogP contribution in [0.5, 0.6) is 0 Å². The van der Waals surface area contributed by atoms with E-state index in [1.807, 2.05) is 0 Å². The molecule has 1 saturated heterocycles. The summed E-state index contributed by atoms with van der Waals surface area (Å²) < 4.78 is 37.8. The van der Waals surface area contributed by atoms with E-state index in [1.54, 1.807) is 4.90 Å². The van der Waals surface area contributed by atoms with Gasteiger partial charge in [-0.3, -0.25) is 4.79 Å². The number of aromatic nitrogens is 1. The predicted molar refractivity (Wildman–Crippen MR) is 68.6 cm³/mol. The lowest BCUT2D eigenvalue weighted by Crippen LogP contribution is -2.44. The molecule has 0 aromatic carbocycles. The molecule has 1 aromatic rings. The van der Waals surface area contributed by atoms with E-state index >= 15 is 0 Å².